The number of likely N-dealkylation sites (N-methyl/N-ethyl adjacent to an activating group) is 1. The highest BCUT2D eigenvalue weighted by atomic mass is 35.5. The van der Waals surface area contributed by atoms with E-state index >= 15 is 0 Å². The third-order valence-corrected chi connectivity index (χ3v) is 3.52. The lowest BCUT2D eigenvalue weighted by Gasteiger charge is -2.29. The van der Waals surface area contributed by atoms with Crippen molar-refractivity contribution in [3.8, 4) is 0 Å². The van der Waals surface area contributed by atoms with E-state index in [1.807, 2.05) is 11.9 Å². The molecule has 0 aromatic heterocycles. The summed E-state index contributed by atoms with van der Waals surface area (Å²) >= 11 is 6.43. The van der Waals surface area contributed by atoms with E-state index in [0.29, 0.717) is 17.9 Å². The van der Waals surface area contributed by atoms with Gasteiger partial charge in [-0.15, -0.1) is 0 Å². The lowest BCUT2D eigenvalue weighted by molar-refractivity contribution is 0.466. The van der Waals surface area contributed by atoms with Crippen molar-refractivity contribution in [3.63, 3.8) is 0 Å². The number of nitrogens with zero attached hydrogens (tertiary/aromatic N) is 2. The Labute approximate surface area is 114 Å². The zero-order valence-electron chi connectivity index (χ0n) is 10.2. The molecule has 2 heterocycles. The van der Waals surface area contributed by atoms with Crippen molar-refractivity contribution < 1.29 is 4.39 Å². The minimum Gasteiger partial charge on any atom is -0.370 e. The summed E-state index contributed by atoms with van der Waals surface area (Å²) in [4.78, 5) is 6.08. The molecule has 2 aliphatic rings. The number of aliphatic imine (C=N–C) groups is 1. The van der Waals surface area contributed by atoms with E-state index in [1.165, 1.54) is 12.1 Å². The minimum absolute atomic E-state index is 0.195. The van der Waals surface area contributed by atoms with E-state index in [1.54, 1.807) is 12.1 Å². The van der Waals surface area contributed by atoms with Crippen molar-refractivity contribution in [2.24, 2.45) is 10.7 Å². The number of fused-ring (bicyclic) bond motifs is 1. The summed E-state index contributed by atoms with van der Waals surface area (Å²) < 4.78 is 13.4. The lowest BCUT2D eigenvalue weighted by Crippen LogP contribution is -2.45. The van der Waals surface area contributed by atoms with Crippen LogP contribution in [-0.4, -0.2) is 29.7 Å². The smallest absolute Gasteiger partial charge is 0.234 e. The molecule has 100 valence electrons. The fourth-order valence-electron chi connectivity index (χ4n) is 2.32. The number of benzene rings is 1. The third-order valence-electron chi connectivity index (χ3n) is 3.12. The van der Waals surface area contributed by atoms with Crippen molar-refractivity contribution in [2.45, 2.75) is 5.12 Å². The highest BCUT2D eigenvalue weighted by Gasteiger charge is 2.44. The van der Waals surface area contributed by atoms with Crippen LogP contribution in [0.4, 0.5) is 4.39 Å². The number of hydrogen-bond donors (Lipinski definition) is 3. The van der Waals surface area contributed by atoms with Crippen LogP contribution in [0.1, 0.15) is 5.56 Å². The van der Waals surface area contributed by atoms with Crippen molar-refractivity contribution in [3.05, 3.63) is 41.3 Å². The molecule has 1 unspecified atom stereocenters. The summed E-state index contributed by atoms with van der Waals surface area (Å²) in [5.41, 5.74) is 7.82. The van der Waals surface area contributed by atoms with Crippen molar-refractivity contribution in [1.82, 2.24) is 15.5 Å². The fourth-order valence-corrected chi connectivity index (χ4v) is 2.71. The zero-order valence-corrected chi connectivity index (χ0v) is 11.0. The Kier molecular flexibility index (Phi) is 2.65. The summed E-state index contributed by atoms with van der Waals surface area (Å²) in [6.45, 7) is 0.538. The van der Waals surface area contributed by atoms with Crippen LogP contribution in [0.25, 0.3) is 5.70 Å². The molecule has 0 spiro atoms. The molecular formula is C12H13ClFN5. The first-order valence-electron chi connectivity index (χ1n) is 5.78. The number of rotatable bonds is 1. The predicted octanol–water partition coefficient (Wildman–Crippen LogP) is 0.797. The fraction of sp³-hybridized carbons (Fsp3) is 0.250. The van der Waals surface area contributed by atoms with Crippen LogP contribution in [0.3, 0.4) is 0 Å². The van der Waals surface area contributed by atoms with Crippen LogP contribution >= 0.6 is 11.6 Å². The van der Waals surface area contributed by atoms with Crippen LogP contribution in [0.2, 0.25) is 0 Å². The number of nitrogens with one attached hydrogen (secondary N) is 2. The second kappa shape index (κ2) is 4.11. The monoisotopic (exact) mass is 281 g/mol. The van der Waals surface area contributed by atoms with E-state index in [-0.39, 0.29) is 11.8 Å². The van der Waals surface area contributed by atoms with Gasteiger partial charge in [-0.25, -0.2) is 9.38 Å². The maximum Gasteiger partial charge on any atom is 0.234 e. The minimum atomic E-state index is -1.09. The maximum absolute atomic E-state index is 13.4. The molecular weight excluding hydrogens is 269 g/mol. The molecule has 1 fully saturated rings. The van der Waals surface area contributed by atoms with Crippen LogP contribution in [0.5, 0.6) is 0 Å². The molecule has 4 N–H and O–H groups in total. The van der Waals surface area contributed by atoms with Crippen LogP contribution in [0, 0.1) is 5.82 Å². The van der Waals surface area contributed by atoms with E-state index in [4.69, 9.17) is 17.3 Å². The number of halogens is 2. The Morgan fingerprint density at radius 1 is 1.53 bits per heavy atom. The standard InChI is InChI=1S/C12H13ClFN5/c1-19-6-16-12(13)10(19)9(17-11(15)18-12)7-3-2-4-8(14)5-7/h2-5,16H,6H2,1H3,(H3,15,17,18). The summed E-state index contributed by atoms with van der Waals surface area (Å²) in [7, 11) is 1.88. The number of alkyl halides is 1. The molecule has 0 saturated carbocycles. The second-order valence-corrected chi connectivity index (χ2v) is 5.06. The van der Waals surface area contributed by atoms with E-state index < -0.39 is 5.12 Å². The van der Waals surface area contributed by atoms with Gasteiger partial charge in [-0.1, -0.05) is 23.7 Å². The molecule has 19 heavy (non-hydrogen) atoms. The summed E-state index contributed by atoms with van der Waals surface area (Å²) in [6.07, 6.45) is 0. The summed E-state index contributed by atoms with van der Waals surface area (Å²) in [5.74, 6) is -0.122. The summed E-state index contributed by atoms with van der Waals surface area (Å²) in [6, 6.07) is 6.25. The molecule has 5 nitrogen and oxygen atoms in total. The van der Waals surface area contributed by atoms with Gasteiger partial charge in [0.2, 0.25) is 5.12 Å². The number of hydrogen-bond acceptors (Lipinski definition) is 5. The molecule has 1 saturated heterocycles. The van der Waals surface area contributed by atoms with E-state index in [2.05, 4.69) is 15.6 Å². The Bertz CT molecular complexity index is 600. The molecule has 7 heteroatoms. The van der Waals surface area contributed by atoms with Gasteiger partial charge in [-0.3, -0.25) is 5.32 Å². The van der Waals surface area contributed by atoms with Gasteiger partial charge in [0.25, 0.3) is 0 Å². The normalized spacial score (nSPS) is 26.1. The zero-order chi connectivity index (χ0) is 13.6. The first-order valence-corrected chi connectivity index (χ1v) is 6.15. The lowest BCUT2D eigenvalue weighted by atomic mass is 10.1. The van der Waals surface area contributed by atoms with Crippen molar-refractivity contribution >= 4 is 23.3 Å². The molecule has 0 aliphatic carbocycles. The molecule has 1 atom stereocenters. The third kappa shape index (κ3) is 1.93. The van der Waals surface area contributed by atoms with Crippen LogP contribution in [0.15, 0.2) is 35.0 Å². The van der Waals surface area contributed by atoms with Gasteiger partial charge in [0.15, 0.2) is 5.96 Å². The Morgan fingerprint density at radius 2 is 2.32 bits per heavy atom. The van der Waals surface area contributed by atoms with Gasteiger partial charge in [-0.2, -0.15) is 0 Å². The molecule has 2 aliphatic heterocycles. The molecule has 1 aromatic carbocycles. The first kappa shape index (κ1) is 12.3. The molecule has 1 aromatic rings. The van der Waals surface area contributed by atoms with Gasteiger partial charge in [0.05, 0.1) is 18.1 Å². The van der Waals surface area contributed by atoms with Gasteiger partial charge >= 0.3 is 0 Å². The number of guanidine groups is 1. The topological polar surface area (TPSA) is 65.7 Å². The van der Waals surface area contributed by atoms with Crippen LogP contribution < -0.4 is 16.4 Å². The molecule has 0 bridgehead atoms. The highest BCUT2D eigenvalue weighted by molar-refractivity contribution is 6.27. The van der Waals surface area contributed by atoms with E-state index in [9.17, 15) is 4.39 Å². The molecule has 3 rings (SSSR count). The highest BCUT2D eigenvalue weighted by Crippen LogP contribution is 2.37. The second-order valence-electron chi connectivity index (χ2n) is 4.51. The van der Waals surface area contributed by atoms with E-state index in [0.717, 1.165) is 5.70 Å². The Balaban J connectivity index is 2.17. The Hall–Kier alpha value is -1.79. The number of nitrogens with two attached hydrogens (primary N) is 1. The van der Waals surface area contributed by atoms with Crippen molar-refractivity contribution in [1.29, 1.82) is 0 Å². The largest absolute Gasteiger partial charge is 0.370 e. The van der Waals surface area contributed by atoms with Gasteiger partial charge in [0.1, 0.15) is 5.82 Å². The maximum atomic E-state index is 13.4. The van der Waals surface area contributed by atoms with Gasteiger partial charge in [0, 0.05) is 12.6 Å². The van der Waals surface area contributed by atoms with Gasteiger partial charge < -0.3 is 16.0 Å². The summed E-state index contributed by atoms with van der Waals surface area (Å²) in [5, 5.41) is 4.93. The predicted molar refractivity (Wildman–Crippen MR) is 72.4 cm³/mol. The quantitative estimate of drug-likeness (QED) is 0.526. The molecule has 0 amide bonds. The SMILES string of the molecule is CN1CNC2(Cl)N=C(N)NC(c3cccc(F)c3)=C12. The first-order chi connectivity index (χ1) is 8.99. The molecule has 0 radical (unpaired) electrons. The van der Waals surface area contributed by atoms with Gasteiger partial charge in [-0.05, 0) is 12.1 Å². The van der Waals surface area contributed by atoms with Crippen molar-refractivity contribution in [2.75, 3.05) is 13.7 Å². The average Bonchev–Trinajstić information content (AvgIpc) is 2.64. The average molecular weight is 282 g/mol. The van der Waals surface area contributed by atoms with Crippen LogP contribution in [-0.2, 0) is 0 Å². The Morgan fingerprint density at radius 3 is 3.05 bits per heavy atom.